The van der Waals surface area contributed by atoms with Gasteiger partial charge in [0.05, 0.1) is 5.03 Å². The summed E-state index contributed by atoms with van der Waals surface area (Å²) in [5.41, 5.74) is 5.17. The molecule has 3 nitrogen and oxygen atoms in total. The van der Waals surface area contributed by atoms with Crippen LogP contribution in [0, 0.1) is 5.41 Å². The maximum Gasteiger partial charge on any atom is 0.169 e. The number of hydrogen-bond donors (Lipinski definition) is 2. The number of aldehydes is 1. The first-order valence-electron chi connectivity index (χ1n) is 2.25. The van der Waals surface area contributed by atoms with E-state index in [0.29, 0.717) is 6.29 Å². The van der Waals surface area contributed by atoms with E-state index in [4.69, 9.17) is 22.7 Å². The third kappa shape index (κ3) is 2.28. The van der Waals surface area contributed by atoms with Gasteiger partial charge in [0, 0.05) is 5.70 Å². The van der Waals surface area contributed by atoms with E-state index in [0.717, 1.165) is 0 Å². The number of hydrogen-bond acceptors (Lipinski definition) is 3. The molecule has 0 spiro atoms. The van der Waals surface area contributed by atoms with E-state index in [1.54, 1.807) is 0 Å². The highest BCUT2D eigenvalue weighted by molar-refractivity contribution is 6.54. The van der Waals surface area contributed by atoms with Crippen LogP contribution < -0.4 is 5.73 Å². The highest BCUT2D eigenvalue weighted by Crippen LogP contribution is 2.03. The quantitative estimate of drug-likeness (QED) is 0.443. The van der Waals surface area contributed by atoms with Gasteiger partial charge in [-0.15, -0.1) is 0 Å². The molecule has 9 heavy (non-hydrogen) atoms. The van der Waals surface area contributed by atoms with Gasteiger partial charge in [0.25, 0.3) is 0 Å². The van der Waals surface area contributed by atoms with Crippen LogP contribution in [0.4, 0.5) is 0 Å². The summed E-state index contributed by atoms with van der Waals surface area (Å²) in [5, 5.41) is 6.85. The van der Waals surface area contributed by atoms with Gasteiger partial charge in [-0.1, -0.05) is 11.6 Å². The summed E-state index contributed by atoms with van der Waals surface area (Å²) in [4.78, 5) is 9.85. The maximum atomic E-state index is 9.85. The monoisotopic (exact) mass is 146 g/mol. The second-order valence-corrected chi connectivity index (χ2v) is 1.91. The number of allylic oxidation sites excluding steroid dienone is 2. The fourth-order valence-electron chi connectivity index (χ4n) is 0.264. The highest BCUT2D eigenvalue weighted by atomic mass is 35.5. The highest BCUT2D eigenvalue weighted by Gasteiger charge is 2.00. The van der Waals surface area contributed by atoms with Crippen LogP contribution in [0.15, 0.2) is 10.7 Å². The molecule has 50 valence electrons. The van der Waals surface area contributed by atoms with E-state index in [9.17, 15) is 4.79 Å². The maximum absolute atomic E-state index is 9.85. The molecule has 4 heteroatoms. The van der Waals surface area contributed by atoms with Gasteiger partial charge in [-0.3, -0.25) is 10.2 Å². The molecule has 0 saturated carbocycles. The Hall–Kier alpha value is -0.830. The normalized spacial score (nSPS) is 12.2. The summed E-state index contributed by atoms with van der Waals surface area (Å²) in [5.74, 6) is 0. The summed E-state index contributed by atoms with van der Waals surface area (Å²) in [6, 6.07) is 0. The predicted octanol–water partition coefficient (Wildman–Crippen LogP) is 0.634. The Morgan fingerprint density at radius 2 is 2.22 bits per heavy atom. The van der Waals surface area contributed by atoms with Crippen LogP contribution in [0.3, 0.4) is 0 Å². The minimum atomic E-state index is -0.281. The van der Waals surface area contributed by atoms with Crippen molar-refractivity contribution in [1.29, 1.82) is 5.41 Å². The minimum absolute atomic E-state index is 0.0185. The fraction of sp³-hybridized carbons (Fsp3) is 0.200. The van der Waals surface area contributed by atoms with E-state index in [1.165, 1.54) is 6.92 Å². The first kappa shape index (κ1) is 8.17. The Labute approximate surface area is 58.0 Å². The minimum Gasteiger partial charge on any atom is -0.401 e. The Kier molecular flexibility index (Phi) is 2.95. The number of carbonyl (C=O) groups is 1. The first-order chi connectivity index (χ1) is 4.09. The summed E-state index contributed by atoms with van der Waals surface area (Å²) in [7, 11) is 0. The molecule has 0 fully saturated rings. The van der Waals surface area contributed by atoms with Crippen LogP contribution in [0.5, 0.6) is 0 Å². The second-order valence-electron chi connectivity index (χ2n) is 1.53. The van der Waals surface area contributed by atoms with Crippen molar-refractivity contribution >= 4 is 23.6 Å². The SMILES string of the molecule is C/C(N)=C(\Cl)C(=N)C=O. The van der Waals surface area contributed by atoms with Gasteiger partial charge in [-0.2, -0.15) is 0 Å². The fourth-order valence-corrected chi connectivity index (χ4v) is 0.309. The van der Waals surface area contributed by atoms with Crippen molar-refractivity contribution in [3.8, 4) is 0 Å². The van der Waals surface area contributed by atoms with Crippen molar-refractivity contribution in [3.63, 3.8) is 0 Å². The summed E-state index contributed by atoms with van der Waals surface area (Å²) in [6.07, 6.45) is 0.346. The summed E-state index contributed by atoms with van der Waals surface area (Å²) in [6.45, 7) is 1.53. The Morgan fingerprint density at radius 1 is 1.78 bits per heavy atom. The van der Waals surface area contributed by atoms with Crippen molar-refractivity contribution in [2.24, 2.45) is 5.73 Å². The predicted molar refractivity (Wildman–Crippen MR) is 36.5 cm³/mol. The zero-order chi connectivity index (χ0) is 7.44. The van der Waals surface area contributed by atoms with Gasteiger partial charge in [-0.25, -0.2) is 0 Å². The van der Waals surface area contributed by atoms with E-state index in [2.05, 4.69) is 0 Å². The number of rotatable bonds is 2. The number of halogens is 1. The van der Waals surface area contributed by atoms with Gasteiger partial charge in [0.1, 0.15) is 5.71 Å². The molecule has 0 radical (unpaired) electrons. The molecule has 0 aromatic heterocycles. The topological polar surface area (TPSA) is 66.9 Å². The second kappa shape index (κ2) is 3.25. The molecule has 0 atom stereocenters. The van der Waals surface area contributed by atoms with Crippen molar-refractivity contribution < 1.29 is 4.79 Å². The molecule has 0 bridgehead atoms. The van der Waals surface area contributed by atoms with Crippen LogP contribution in [-0.2, 0) is 4.79 Å². The van der Waals surface area contributed by atoms with Crippen LogP contribution in [-0.4, -0.2) is 12.0 Å². The van der Waals surface area contributed by atoms with E-state index >= 15 is 0 Å². The van der Waals surface area contributed by atoms with Crippen molar-refractivity contribution in [2.75, 3.05) is 0 Å². The average Bonchev–Trinajstić information content (AvgIpc) is 1.84. The van der Waals surface area contributed by atoms with E-state index < -0.39 is 0 Å². The standard InChI is InChI=1S/C5H7ClN2O/c1-3(7)5(6)4(8)2-9/h2,8H,7H2,1H3/b5-3+,8-4?. The Morgan fingerprint density at radius 3 is 2.33 bits per heavy atom. The molecule has 0 heterocycles. The summed E-state index contributed by atoms with van der Waals surface area (Å²) >= 11 is 5.37. The Balaban J connectivity index is 4.39. The lowest BCUT2D eigenvalue weighted by Gasteiger charge is -1.93. The van der Waals surface area contributed by atoms with Crippen LogP contribution in [0.2, 0.25) is 0 Å². The van der Waals surface area contributed by atoms with Gasteiger partial charge in [0.2, 0.25) is 0 Å². The molecule has 0 aliphatic carbocycles. The lowest BCUT2D eigenvalue weighted by Crippen LogP contribution is -2.04. The molecular weight excluding hydrogens is 140 g/mol. The molecular formula is C5H7ClN2O. The number of nitrogens with one attached hydrogen (secondary N) is 1. The lowest BCUT2D eigenvalue weighted by molar-refractivity contribution is -0.102. The molecule has 0 aliphatic rings. The molecule has 0 saturated heterocycles. The van der Waals surface area contributed by atoms with E-state index in [1.807, 2.05) is 0 Å². The first-order valence-corrected chi connectivity index (χ1v) is 2.63. The van der Waals surface area contributed by atoms with Crippen LogP contribution in [0.1, 0.15) is 6.92 Å². The average molecular weight is 147 g/mol. The molecule has 0 aromatic carbocycles. The third-order valence-electron chi connectivity index (χ3n) is 0.701. The van der Waals surface area contributed by atoms with E-state index in [-0.39, 0.29) is 16.4 Å². The molecule has 0 unspecified atom stereocenters. The Bertz CT molecular complexity index is 170. The van der Waals surface area contributed by atoms with Crippen molar-refractivity contribution in [3.05, 3.63) is 10.7 Å². The smallest absolute Gasteiger partial charge is 0.169 e. The molecule has 3 N–H and O–H groups in total. The summed E-state index contributed by atoms with van der Waals surface area (Å²) < 4.78 is 0. The molecule has 0 aliphatic heterocycles. The van der Waals surface area contributed by atoms with Crippen LogP contribution in [0.25, 0.3) is 0 Å². The van der Waals surface area contributed by atoms with Gasteiger partial charge in [0.15, 0.2) is 6.29 Å². The molecule has 0 aromatic rings. The van der Waals surface area contributed by atoms with Gasteiger partial charge < -0.3 is 5.73 Å². The number of carbonyl (C=O) groups excluding carboxylic acids is 1. The van der Waals surface area contributed by atoms with Crippen molar-refractivity contribution in [1.82, 2.24) is 0 Å². The zero-order valence-corrected chi connectivity index (χ0v) is 5.70. The lowest BCUT2D eigenvalue weighted by atomic mass is 10.3. The third-order valence-corrected chi connectivity index (χ3v) is 1.20. The molecule has 0 rings (SSSR count). The van der Waals surface area contributed by atoms with Gasteiger partial charge >= 0.3 is 0 Å². The zero-order valence-electron chi connectivity index (χ0n) is 4.94. The van der Waals surface area contributed by atoms with Crippen molar-refractivity contribution in [2.45, 2.75) is 6.92 Å². The largest absolute Gasteiger partial charge is 0.401 e. The number of nitrogens with two attached hydrogens (primary N) is 1. The van der Waals surface area contributed by atoms with Gasteiger partial charge in [-0.05, 0) is 6.92 Å². The molecule has 0 amide bonds. The van der Waals surface area contributed by atoms with Crippen LogP contribution >= 0.6 is 11.6 Å².